The Morgan fingerprint density at radius 3 is 2.54 bits per heavy atom. The Labute approximate surface area is 146 Å². The molecule has 3 rings (SSSR count). The van der Waals surface area contributed by atoms with E-state index in [1.54, 1.807) is 24.3 Å². The third-order valence-corrected chi connectivity index (χ3v) is 3.63. The lowest BCUT2D eigenvalue weighted by Gasteiger charge is -2.08. The van der Waals surface area contributed by atoms with E-state index < -0.39 is 0 Å². The quantitative estimate of drug-likeness (QED) is 0.698. The van der Waals surface area contributed by atoms with Gasteiger partial charge in [-0.15, -0.1) is 0 Å². The fourth-order valence-corrected chi connectivity index (χ4v) is 2.26. The average molecular weight is 387 g/mol. The molecule has 5 nitrogen and oxygen atoms in total. The van der Waals surface area contributed by atoms with Crippen LogP contribution in [0.25, 0.3) is 0 Å². The second-order valence-electron chi connectivity index (χ2n) is 4.88. The summed E-state index contributed by atoms with van der Waals surface area (Å²) >= 11 is 3.33. The lowest BCUT2D eigenvalue weighted by molar-refractivity contribution is 0.102. The van der Waals surface area contributed by atoms with Gasteiger partial charge in [0.1, 0.15) is 23.7 Å². The van der Waals surface area contributed by atoms with Gasteiger partial charge in [-0.3, -0.25) is 4.79 Å². The fourth-order valence-electron chi connectivity index (χ4n) is 1.99. The number of aromatic nitrogens is 2. The van der Waals surface area contributed by atoms with Crippen molar-refractivity contribution in [2.75, 3.05) is 10.6 Å². The van der Waals surface area contributed by atoms with E-state index in [4.69, 9.17) is 0 Å². The third-order valence-electron chi connectivity index (χ3n) is 3.10. The maximum atomic E-state index is 13.2. The van der Waals surface area contributed by atoms with Gasteiger partial charge >= 0.3 is 0 Å². The summed E-state index contributed by atoms with van der Waals surface area (Å²) in [5.41, 5.74) is 1.39. The minimum atomic E-state index is -0.359. The van der Waals surface area contributed by atoms with Crippen LogP contribution in [-0.2, 0) is 0 Å². The standard InChI is InChI=1S/C17H12BrFN4O/c18-11-4-6-13(7-5-11)23-17(24)15-9-16(21-10-20-15)22-14-3-1-2-12(19)8-14/h1-10H,(H,23,24)(H,20,21,22). The summed E-state index contributed by atoms with van der Waals surface area (Å²) in [5, 5.41) is 5.68. The van der Waals surface area contributed by atoms with Gasteiger partial charge in [-0.05, 0) is 42.5 Å². The molecule has 1 amide bonds. The van der Waals surface area contributed by atoms with Gasteiger partial charge in [-0.25, -0.2) is 14.4 Å². The largest absolute Gasteiger partial charge is 0.340 e. The number of carbonyl (C=O) groups excluding carboxylic acids is 1. The molecule has 0 aliphatic carbocycles. The van der Waals surface area contributed by atoms with Crippen molar-refractivity contribution in [2.24, 2.45) is 0 Å². The zero-order valence-corrected chi connectivity index (χ0v) is 13.9. The van der Waals surface area contributed by atoms with Gasteiger partial charge in [0, 0.05) is 21.9 Å². The van der Waals surface area contributed by atoms with E-state index in [0.717, 1.165) is 4.47 Å². The van der Waals surface area contributed by atoms with Gasteiger partial charge in [0.2, 0.25) is 0 Å². The van der Waals surface area contributed by atoms with Gasteiger partial charge in [0.25, 0.3) is 5.91 Å². The number of nitrogens with one attached hydrogen (secondary N) is 2. The molecule has 2 N–H and O–H groups in total. The minimum absolute atomic E-state index is 0.201. The molecule has 120 valence electrons. The predicted molar refractivity (Wildman–Crippen MR) is 93.8 cm³/mol. The van der Waals surface area contributed by atoms with Crippen LogP contribution in [0.15, 0.2) is 65.4 Å². The molecule has 7 heteroatoms. The van der Waals surface area contributed by atoms with Crippen LogP contribution in [0.5, 0.6) is 0 Å². The molecule has 0 atom stereocenters. The average Bonchev–Trinajstić information content (AvgIpc) is 2.57. The van der Waals surface area contributed by atoms with Crippen molar-refractivity contribution in [3.63, 3.8) is 0 Å². The molecule has 0 bridgehead atoms. The maximum absolute atomic E-state index is 13.2. The second-order valence-corrected chi connectivity index (χ2v) is 5.80. The zero-order chi connectivity index (χ0) is 16.9. The number of anilines is 3. The summed E-state index contributed by atoms with van der Waals surface area (Å²) < 4.78 is 14.1. The summed E-state index contributed by atoms with van der Waals surface area (Å²) in [4.78, 5) is 20.3. The first-order chi connectivity index (χ1) is 11.6. The van der Waals surface area contributed by atoms with Crippen LogP contribution in [0, 0.1) is 5.82 Å². The molecule has 3 aromatic rings. The van der Waals surface area contributed by atoms with E-state index in [2.05, 4.69) is 36.5 Å². The van der Waals surface area contributed by atoms with Gasteiger partial charge in [0.15, 0.2) is 0 Å². The Kier molecular flexibility index (Phi) is 4.81. The Morgan fingerprint density at radius 2 is 1.79 bits per heavy atom. The van der Waals surface area contributed by atoms with Crippen LogP contribution in [0.1, 0.15) is 10.5 Å². The number of rotatable bonds is 4. The van der Waals surface area contributed by atoms with E-state index in [1.807, 2.05) is 12.1 Å². The number of benzene rings is 2. The molecule has 0 saturated heterocycles. The van der Waals surface area contributed by atoms with Gasteiger partial charge < -0.3 is 10.6 Å². The second kappa shape index (κ2) is 7.18. The van der Waals surface area contributed by atoms with E-state index in [1.165, 1.54) is 24.5 Å². The van der Waals surface area contributed by atoms with E-state index in [0.29, 0.717) is 17.2 Å². The lowest BCUT2D eigenvalue weighted by Crippen LogP contribution is -2.14. The van der Waals surface area contributed by atoms with E-state index in [-0.39, 0.29) is 17.4 Å². The summed E-state index contributed by atoms with van der Waals surface area (Å²) in [6, 6.07) is 14.7. The summed E-state index contributed by atoms with van der Waals surface area (Å²) in [6.07, 6.45) is 1.28. The van der Waals surface area contributed by atoms with Crippen molar-refractivity contribution in [1.82, 2.24) is 9.97 Å². The molecule has 0 aliphatic rings. The molecular weight excluding hydrogens is 375 g/mol. The highest BCUT2D eigenvalue weighted by molar-refractivity contribution is 9.10. The van der Waals surface area contributed by atoms with Crippen LogP contribution < -0.4 is 10.6 Å². The Hall–Kier alpha value is -2.80. The first kappa shape index (κ1) is 16.1. The molecule has 0 aliphatic heterocycles. The van der Waals surface area contributed by atoms with Crippen molar-refractivity contribution in [2.45, 2.75) is 0 Å². The normalized spacial score (nSPS) is 10.2. The van der Waals surface area contributed by atoms with Crippen molar-refractivity contribution < 1.29 is 9.18 Å². The van der Waals surface area contributed by atoms with Gasteiger partial charge in [-0.2, -0.15) is 0 Å². The molecule has 0 radical (unpaired) electrons. The SMILES string of the molecule is O=C(Nc1ccc(Br)cc1)c1cc(Nc2cccc(F)c2)ncn1. The monoisotopic (exact) mass is 386 g/mol. The van der Waals surface area contributed by atoms with Crippen LogP contribution in [0.2, 0.25) is 0 Å². The van der Waals surface area contributed by atoms with Gasteiger partial charge in [0.05, 0.1) is 0 Å². The third kappa shape index (κ3) is 4.14. The highest BCUT2D eigenvalue weighted by Crippen LogP contribution is 2.17. The molecule has 0 unspecified atom stereocenters. The molecule has 2 aromatic carbocycles. The number of halogens is 2. The Morgan fingerprint density at radius 1 is 1.00 bits per heavy atom. The molecule has 0 saturated carbocycles. The van der Waals surface area contributed by atoms with Crippen molar-refractivity contribution in [3.05, 3.63) is 76.9 Å². The molecular formula is C17H12BrFN4O. The first-order valence-corrected chi connectivity index (χ1v) is 7.81. The highest BCUT2D eigenvalue weighted by atomic mass is 79.9. The summed E-state index contributed by atoms with van der Waals surface area (Å²) in [5.74, 6) is -0.319. The van der Waals surface area contributed by atoms with Crippen LogP contribution in [0.4, 0.5) is 21.6 Å². The molecule has 0 fully saturated rings. The number of hydrogen-bond donors (Lipinski definition) is 2. The zero-order valence-electron chi connectivity index (χ0n) is 12.3. The predicted octanol–water partition coefficient (Wildman–Crippen LogP) is 4.37. The van der Waals surface area contributed by atoms with Crippen LogP contribution >= 0.6 is 15.9 Å². The smallest absolute Gasteiger partial charge is 0.274 e. The van der Waals surface area contributed by atoms with Crippen molar-refractivity contribution in [3.8, 4) is 0 Å². The fraction of sp³-hybridized carbons (Fsp3) is 0. The number of carbonyl (C=O) groups is 1. The molecule has 1 heterocycles. The van der Waals surface area contributed by atoms with Gasteiger partial charge in [-0.1, -0.05) is 22.0 Å². The lowest BCUT2D eigenvalue weighted by atomic mass is 10.3. The van der Waals surface area contributed by atoms with E-state index in [9.17, 15) is 9.18 Å². The van der Waals surface area contributed by atoms with E-state index >= 15 is 0 Å². The van der Waals surface area contributed by atoms with Crippen LogP contribution in [-0.4, -0.2) is 15.9 Å². The topological polar surface area (TPSA) is 66.9 Å². The minimum Gasteiger partial charge on any atom is -0.340 e. The Bertz CT molecular complexity index is 870. The molecule has 24 heavy (non-hydrogen) atoms. The summed E-state index contributed by atoms with van der Waals surface area (Å²) in [6.45, 7) is 0. The maximum Gasteiger partial charge on any atom is 0.274 e. The summed E-state index contributed by atoms with van der Waals surface area (Å²) in [7, 11) is 0. The van der Waals surface area contributed by atoms with Crippen LogP contribution in [0.3, 0.4) is 0 Å². The van der Waals surface area contributed by atoms with Crippen molar-refractivity contribution in [1.29, 1.82) is 0 Å². The number of nitrogens with zero attached hydrogens (tertiary/aromatic N) is 2. The first-order valence-electron chi connectivity index (χ1n) is 7.02. The Balaban J connectivity index is 1.74. The molecule has 0 spiro atoms. The number of amides is 1. The molecule has 1 aromatic heterocycles. The highest BCUT2D eigenvalue weighted by Gasteiger charge is 2.09. The number of hydrogen-bond acceptors (Lipinski definition) is 4. The van der Waals surface area contributed by atoms with Crippen molar-refractivity contribution >= 4 is 39.0 Å².